The Labute approximate surface area is 124 Å². The van der Waals surface area contributed by atoms with Crippen LogP contribution in [0.2, 0.25) is 0 Å². The van der Waals surface area contributed by atoms with Gasteiger partial charge in [0.2, 0.25) is 0 Å². The van der Waals surface area contributed by atoms with Gasteiger partial charge in [0.1, 0.15) is 0 Å². The molecule has 2 heteroatoms. The molecule has 0 radical (unpaired) electrons. The van der Waals surface area contributed by atoms with Crippen molar-refractivity contribution in [2.45, 2.75) is 66.5 Å². The van der Waals surface area contributed by atoms with Crippen LogP contribution in [0.1, 0.15) is 62.4 Å². The van der Waals surface area contributed by atoms with E-state index in [0.29, 0.717) is 12.5 Å². The van der Waals surface area contributed by atoms with Gasteiger partial charge in [-0.15, -0.1) is 0 Å². The summed E-state index contributed by atoms with van der Waals surface area (Å²) < 4.78 is 0. The molecule has 0 aliphatic rings. The molecule has 20 heavy (non-hydrogen) atoms. The fourth-order valence-corrected chi connectivity index (χ4v) is 3.30. The number of hydrogen-bond acceptors (Lipinski definition) is 2. The molecule has 0 aliphatic carbocycles. The largest absolute Gasteiger partial charge is 0.389 e. The lowest BCUT2D eigenvalue weighted by Crippen LogP contribution is -2.40. The molecule has 0 fully saturated rings. The first-order valence-electron chi connectivity index (χ1n) is 7.66. The summed E-state index contributed by atoms with van der Waals surface area (Å²) in [6, 6.07) is 4.72. The van der Waals surface area contributed by atoms with Gasteiger partial charge in [-0.05, 0) is 63.6 Å². The second kappa shape index (κ2) is 6.73. The van der Waals surface area contributed by atoms with Crippen LogP contribution in [-0.2, 0) is 0 Å². The van der Waals surface area contributed by atoms with E-state index >= 15 is 0 Å². The molecule has 1 aromatic carbocycles. The third-order valence-corrected chi connectivity index (χ3v) is 3.81. The van der Waals surface area contributed by atoms with E-state index in [1.807, 2.05) is 6.92 Å². The SMILES string of the molecule is Cc1cc(C)c(C(C)NCC(C)(O)CC(C)C)c(C)c1. The summed E-state index contributed by atoms with van der Waals surface area (Å²) in [5.41, 5.74) is 4.67. The number of benzene rings is 1. The normalized spacial score (nSPS) is 16.2. The zero-order chi connectivity index (χ0) is 15.5. The van der Waals surface area contributed by atoms with Gasteiger partial charge < -0.3 is 10.4 Å². The van der Waals surface area contributed by atoms with Gasteiger partial charge in [-0.25, -0.2) is 0 Å². The minimum Gasteiger partial charge on any atom is -0.389 e. The second-order valence-corrected chi connectivity index (χ2v) is 7.01. The lowest BCUT2D eigenvalue weighted by Gasteiger charge is -2.29. The molecular weight excluding hydrogens is 246 g/mol. The average molecular weight is 277 g/mol. The minimum atomic E-state index is -0.644. The van der Waals surface area contributed by atoms with E-state index in [9.17, 15) is 5.11 Å². The summed E-state index contributed by atoms with van der Waals surface area (Å²) in [5.74, 6) is 0.505. The fraction of sp³-hybridized carbons (Fsp3) is 0.667. The van der Waals surface area contributed by atoms with Gasteiger partial charge in [0.25, 0.3) is 0 Å². The first kappa shape index (κ1) is 17.2. The van der Waals surface area contributed by atoms with Gasteiger partial charge in [0, 0.05) is 12.6 Å². The lowest BCUT2D eigenvalue weighted by molar-refractivity contribution is 0.0363. The fourth-order valence-electron chi connectivity index (χ4n) is 3.30. The van der Waals surface area contributed by atoms with Crippen LogP contribution >= 0.6 is 0 Å². The molecule has 0 heterocycles. The van der Waals surface area contributed by atoms with Crippen molar-refractivity contribution >= 4 is 0 Å². The van der Waals surface area contributed by atoms with Crippen LogP contribution in [0.5, 0.6) is 0 Å². The highest BCUT2D eigenvalue weighted by Crippen LogP contribution is 2.24. The summed E-state index contributed by atoms with van der Waals surface area (Å²) in [4.78, 5) is 0. The number of rotatable bonds is 6. The lowest BCUT2D eigenvalue weighted by atomic mass is 9.92. The summed E-state index contributed by atoms with van der Waals surface area (Å²) in [5, 5.41) is 13.9. The van der Waals surface area contributed by atoms with E-state index < -0.39 is 5.60 Å². The number of aliphatic hydroxyl groups is 1. The van der Waals surface area contributed by atoms with E-state index in [-0.39, 0.29) is 6.04 Å². The summed E-state index contributed by atoms with van der Waals surface area (Å²) in [6.07, 6.45) is 0.818. The Morgan fingerprint density at radius 2 is 1.60 bits per heavy atom. The Morgan fingerprint density at radius 1 is 1.10 bits per heavy atom. The van der Waals surface area contributed by atoms with Crippen molar-refractivity contribution in [2.75, 3.05) is 6.54 Å². The van der Waals surface area contributed by atoms with Crippen molar-refractivity contribution in [3.8, 4) is 0 Å². The van der Waals surface area contributed by atoms with Crippen LogP contribution in [0, 0.1) is 26.7 Å². The Balaban J connectivity index is 2.75. The Kier molecular flexibility index (Phi) is 5.79. The van der Waals surface area contributed by atoms with Gasteiger partial charge in [0.15, 0.2) is 0 Å². The van der Waals surface area contributed by atoms with Gasteiger partial charge in [0.05, 0.1) is 5.60 Å². The summed E-state index contributed by atoms with van der Waals surface area (Å²) in [6.45, 7) is 15.5. The van der Waals surface area contributed by atoms with Crippen LogP contribution in [0.25, 0.3) is 0 Å². The van der Waals surface area contributed by atoms with E-state index in [1.165, 1.54) is 22.3 Å². The maximum Gasteiger partial charge on any atom is 0.0746 e. The summed E-state index contributed by atoms with van der Waals surface area (Å²) >= 11 is 0. The van der Waals surface area contributed by atoms with Gasteiger partial charge in [-0.2, -0.15) is 0 Å². The molecule has 0 amide bonds. The van der Waals surface area contributed by atoms with E-state index in [0.717, 1.165) is 6.42 Å². The maximum absolute atomic E-state index is 10.4. The minimum absolute atomic E-state index is 0.259. The molecule has 114 valence electrons. The Bertz CT molecular complexity index is 426. The standard InChI is InChI=1S/C18H31NO/c1-12(2)10-18(7,20)11-19-16(6)17-14(4)8-13(3)9-15(17)5/h8-9,12,16,19-20H,10-11H2,1-7H3. The molecule has 1 aromatic rings. The van der Waals surface area contributed by atoms with Crippen LogP contribution < -0.4 is 5.32 Å². The molecule has 2 unspecified atom stereocenters. The van der Waals surface area contributed by atoms with E-state index in [1.54, 1.807) is 0 Å². The van der Waals surface area contributed by atoms with Crippen LogP contribution in [-0.4, -0.2) is 17.3 Å². The molecule has 0 aliphatic heterocycles. The zero-order valence-electron chi connectivity index (χ0n) is 14.2. The highest BCUT2D eigenvalue weighted by Gasteiger charge is 2.23. The summed E-state index contributed by atoms with van der Waals surface area (Å²) in [7, 11) is 0. The predicted octanol–water partition coefficient (Wildman–Crippen LogP) is 4.06. The first-order valence-corrected chi connectivity index (χ1v) is 7.66. The molecular formula is C18H31NO. The maximum atomic E-state index is 10.4. The average Bonchev–Trinajstić information content (AvgIpc) is 2.23. The highest BCUT2D eigenvalue weighted by molar-refractivity contribution is 5.39. The molecule has 0 spiro atoms. The van der Waals surface area contributed by atoms with Crippen molar-refractivity contribution < 1.29 is 5.11 Å². The smallest absolute Gasteiger partial charge is 0.0746 e. The number of aryl methyl sites for hydroxylation is 3. The second-order valence-electron chi connectivity index (χ2n) is 7.01. The third kappa shape index (κ3) is 4.92. The number of hydrogen-bond donors (Lipinski definition) is 2. The van der Waals surface area contributed by atoms with Crippen molar-refractivity contribution in [2.24, 2.45) is 5.92 Å². The van der Waals surface area contributed by atoms with Crippen LogP contribution in [0.15, 0.2) is 12.1 Å². The van der Waals surface area contributed by atoms with Gasteiger partial charge in [-0.3, -0.25) is 0 Å². The quantitative estimate of drug-likeness (QED) is 0.822. The Morgan fingerprint density at radius 3 is 2.05 bits per heavy atom. The zero-order valence-corrected chi connectivity index (χ0v) is 14.2. The molecule has 2 nitrogen and oxygen atoms in total. The first-order chi connectivity index (χ1) is 9.12. The van der Waals surface area contributed by atoms with E-state index in [2.05, 4.69) is 59.0 Å². The molecule has 0 saturated heterocycles. The van der Waals surface area contributed by atoms with Gasteiger partial charge >= 0.3 is 0 Å². The van der Waals surface area contributed by atoms with Crippen LogP contribution in [0.4, 0.5) is 0 Å². The number of nitrogens with one attached hydrogen (secondary N) is 1. The topological polar surface area (TPSA) is 32.3 Å². The molecule has 0 aromatic heterocycles. The van der Waals surface area contributed by atoms with Crippen molar-refractivity contribution in [3.05, 3.63) is 34.4 Å². The van der Waals surface area contributed by atoms with Crippen molar-refractivity contribution in [1.29, 1.82) is 0 Å². The monoisotopic (exact) mass is 277 g/mol. The molecule has 1 rings (SSSR count). The van der Waals surface area contributed by atoms with Crippen LogP contribution in [0.3, 0.4) is 0 Å². The Hall–Kier alpha value is -0.860. The third-order valence-electron chi connectivity index (χ3n) is 3.81. The molecule has 0 bridgehead atoms. The molecule has 2 N–H and O–H groups in total. The van der Waals surface area contributed by atoms with Crippen molar-refractivity contribution in [3.63, 3.8) is 0 Å². The van der Waals surface area contributed by atoms with Gasteiger partial charge in [-0.1, -0.05) is 31.5 Å². The predicted molar refractivity (Wildman–Crippen MR) is 87.1 cm³/mol. The highest BCUT2D eigenvalue weighted by atomic mass is 16.3. The van der Waals surface area contributed by atoms with E-state index in [4.69, 9.17) is 0 Å². The molecule has 0 saturated carbocycles. The molecule has 2 atom stereocenters. The van der Waals surface area contributed by atoms with Crippen molar-refractivity contribution in [1.82, 2.24) is 5.32 Å².